The van der Waals surface area contributed by atoms with Crippen LogP contribution in [0.1, 0.15) is 5.82 Å². The number of fused-ring (bicyclic) bond motifs is 1. The predicted octanol–water partition coefficient (Wildman–Crippen LogP) is 4.17. The molecular formula is C21H19FN4OS2. The largest absolute Gasteiger partial charge is 0.367 e. The lowest BCUT2D eigenvalue weighted by atomic mass is 10.2. The third-order valence-electron chi connectivity index (χ3n) is 5.22. The van der Waals surface area contributed by atoms with Crippen molar-refractivity contribution in [3.63, 3.8) is 0 Å². The van der Waals surface area contributed by atoms with Gasteiger partial charge in [0.05, 0.1) is 17.6 Å². The minimum Gasteiger partial charge on any atom is -0.367 e. The third kappa shape index (κ3) is 3.59. The van der Waals surface area contributed by atoms with Crippen LogP contribution in [0.4, 0.5) is 10.1 Å². The average molecular weight is 427 g/mol. The van der Waals surface area contributed by atoms with Gasteiger partial charge < -0.3 is 9.88 Å². The number of hydrogen-bond donors (Lipinski definition) is 1. The lowest BCUT2D eigenvalue weighted by Gasteiger charge is -2.35. The van der Waals surface area contributed by atoms with Crippen LogP contribution in [0.15, 0.2) is 52.0 Å². The van der Waals surface area contributed by atoms with E-state index in [0.717, 1.165) is 41.5 Å². The van der Waals surface area contributed by atoms with E-state index in [4.69, 9.17) is 4.98 Å². The molecule has 0 atom stereocenters. The van der Waals surface area contributed by atoms with Crippen LogP contribution in [-0.4, -0.2) is 41.0 Å². The fourth-order valence-electron chi connectivity index (χ4n) is 3.75. The molecule has 1 fully saturated rings. The smallest absolute Gasteiger partial charge is 0.260 e. The Balaban J connectivity index is 1.32. The molecule has 0 bridgehead atoms. The zero-order chi connectivity index (χ0) is 19.8. The van der Waals surface area contributed by atoms with Crippen LogP contribution >= 0.6 is 22.7 Å². The van der Waals surface area contributed by atoms with Crippen LogP contribution in [0, 0.1) is 5.82 Å². The van der Waals surface area contributed by atoms with Gasteiger partial charge in [0.25, 0.3) is 5.56 Å². The van der Waals surface area contributed by atoms with Crippen molar-refractivity contribution in [2.24, 2.45) is 0 Å². The van der Waals surface area contributed by atoms with Crippen LogP contribution in [0.25, 0.3) is 20.7 Å². The van der Waals surface area contributed by atoms with Crippen LogP contribution in [0.5, 0.6) is 0 Å². The summed E-state index contributed by atoms with van der Waals surface area (Å²) in [5.41, 5.74) is 1.53. The number of aromatic nitrogens is 2. The van der Waals surface area contributed by atoms with E-state index >= 15 is 0 Å². The van der Waals surface area contributed by atoms with Gasteiger partial charge >= 0.3 is 0 Å². The standard InChI is InChI=1S/C21H19FN4OS2/c22-15-4-1-2-5-16(15)26-9-7-25(8-10-26)12-18-23-20(27)19-14(13-29-21(19)24-18)17-6-3-11-28-17/h1-6,11,13H,7-10,12H2,(H,23,24,27). The summed E-state index contributed by atoms with van der Waals surface area (Å²) >= 11 is 3.13. The zero-order valence-corrected chi connectivity index (χ0v) is 17.2. The topological polar surface area (TPSA) is 52.2 Å². The van der Waals surface area contributed by atoms with Crippen LogP contribution < -0.4 is 10.5 Å². The second-order valence-corrected chi connectivity index (χ2v) is 8.84. The monoisotopic (exact) mass is 426 g/mol. The molecule has 0 radical (unpaired) electrons. The van der Waals surface area contributed by atoms with Crippen molar-refractivity contribution in [2.45, 2.75) is 6.54 Å². The summed E-state index contributed by atoms with van der Waals surface area (Å²) < 4.78 is 14.0. The zero-order valence-electron chi connectivity index (χ0n) is 15.6. The molecule has 8 heteroatoms. The Labute approximate surface area is 175 Å². The second-order valence-electron chi connectivity index (χ2n) is 7.03. The maximum Gasteiger partial charge on any atom is 0.260 e. The molecule has 148 valence electrons. The lowest BCUT2D eigenvalue weighted by Crippen LogP contribution is -2.46. The number of halogens is 1. The molecule has 3 aromatic heterocycles. The minimum atomic E-state index is -0.184. The van der Waals surface area contributed by atoms with E-state index in [9.17, 15) is 9.18 Å². The van der Waals surface area contributed by atoms with Gasteiger partial charge in [-0.1, -0.05) is 18.2 Å². The fourth-order valence-corrected chi connectivity index (χ4v) is 5.53. The molecule has 1 aliphatic heterocycles. The number of H-pyrrole nitrogens is 1. The number of aromatic amines is 1. The first-order valence-corrected chi connectivity index (χ1v) is 11.2. The number of rotatable bonds is 4. The number of nitrogens with one attached hydrogen (secondary N) is 1. The summed E-state index contributed by atoms with van der Waals surface area (Å²) in [4.78, 5) is 26.6. The van der Waals surface area contributed by atoms with E-state index in [1.54, 1.807) is 17.4 Å². The van der Waals surface area contributed by atoms with Crippen molar-refractivity contribution in [3.8, 4) is 10.4 Å². The van der Waals surface area contributed by atoms with Crippen LogP contribution in [0.2, 0.25) is 0 Å². The van der Waals surface area contributed by atoms with E-state index in [0.29, 0.717) is 23.4 Å². The van der Waals surface area contributed by atoms with Crippen molar-refractivity contribution in [2.75, 3.05) is 31.1 Å². The summed E-state index contributed by atoms with van der Waals surface area (Å²) in [5, 5.41) is 4.69. The number of para-hydroxylation sites is 1. The average Bonchev–Trinajstić information content (AvgIpc) is 3.39. The molecule has 4 aromatic rings. The molecule has 0 saturated carbocycles. The highest BCUT2D eigenvalue weighted by Gasteiger charge is 2.21. The van der Waals surface area contributed by atoms with Crippen LogP contribution in [-0.2, 0) is 6.54 Å². The predicted molar refractivity (Wildman–Crippen MR) is 117 cm³/mol. The maximum atomic E-state index is 14.0. The highest BCUT2D eigenvalue weighted by molar-refractivity contribution is 7.18. The van der Waals surface area contributed by atoms with Crippen molar-refractivity contribution < 1.29 is 4.39 Å². The third-order valence-corrected chi connectivity index (χ3v) is 6.99. The van der Waals surface area contributed by atoms with Crippen molar-refractivity contribution in [3.05, 3.63) is 69.2 Å². The van der Waals surface area contributed by atoms with E-state index in [1.807, 2.05) is 35.0 Å². The molecule has 29 heavy (non-hydrogen) atoms. The lowest BCUT2D eigenvalue weighted by molar-refractivity contribution is 0.243. The number of anilines is 1. The molecule has 1 N–H and O–H groups in total. The molecule has 1 aliphatic rings. The first-order valence-electron chi connectivity index (χ1n) is 9.45. The Bertz CT molecular complexity index is 1190. The minimum absolute atomic E-state index is 0.0837. The van der Waals surface area contributed by atoms with Gasteiger partial charge in [-0.2, -0.15) is 0 Å². The number of thiophene rings is 2. The van der Waals surface area contributed by atoms with E-state index in [2.05, 4.69) is 14.8 Å². The molecule has 0 amide bonds. The SMILES string of the molecule is O=c1[nH]c(CN2CCN(c3ccccc3F)CC2)nc2scc(-c3cccs3)c12. The second kappa shape index (κ2) is 7.70. The summed E-state index contributed by atoms with van der Waals surface area (Å²) in [6, 6.07) is 10.9. The van der Waals surface area contributed by atoms with E-state index < -0.39 is 0 Å². The summed E-state index contributed by atoms with van der Waals surface area (Å²) in [6.45, 7) is 3.66. The highest BCUT2D eigenvalue weighted by Crippen LogP contribution is 2.33. The normalized spacial score (nSPS) is 15.3. The van der Waals surface area contributed by atoms with Crippen molar-refractivity contribution in [1.29, 1.82) is 0 Å². The molecule has 0 aliphatic carbocycles. The van der Waals surface area contributed by atoms with Crippen molar-refractivity contribution >= 4 is 38.6 Å². The summed E-state index contributed by atoms with van der Waals surface area (Å²) in [7, 11) is 0. The molecule has 4 heterocycles. The van der Waals surface area contributed by atoms with Crippen LogP contribution in [0.3, 0.4) is 0 Å². The quantitative estimate of drug-likeness (QED) is 0.532. The molecule has 0 unspecified atom stereocenters. The van der Waals surface area contributed by atoms with Gasteiger partial charge in [0.1, 0.15) is 16.5 Å². The van der Waals surface area contributed by atoms with Gasteiger partial charge in [0, 0.05) is 42.0 Å². The van der Waals surface area contributed by atoms with E-state index in [1.165, 1.54) is 17.4 Å². The molecule has 1 aromatic carbocycles. The van der Waals surface area contributed by atoms with Gasteiger partial charge in [-0.3, -0.25) is 9.69 Å². The van der Waals surface area contributed by atoms with E-state index in [-0.39, 0.29) is 11.4 Å². The molecular weight excluding hydrogens is 407 g/mol. The Hall–Kier alpha value is -2.55. The Morgan fingerprint density at radius 2 is 1.90 bits per heavy atom. The highest BCUT2D eigenvalue weighted by atomic mass is 32.1. The number of nitrogens with zero attached hydrogens (tertiary/aromatic N) is 3. The Morgan fingerprint density at radius 3 is 2.66 bits per heavy atom. The van der Waals surface area contributed by atoms with Gasteiger partial charge in [0.2, 0.25) is 0 Å². The maximum absolute atomic E-state index is 14.0. The van der Waals surface area contributed by atoms with Gasteiger partial charge in [-0.25, -0.2) is 9.37 Å². The van der Waals surface area contributed by atoms with Gasteiger partial charge in [-0.05, 0) is 23.6 Å². The molecule has 5 nitrogen and oxygen atoms in total. The molecule has 1 saturated heterocycles. The molecule has 0 spiro atoms. The first-order chi connectivity index (χ1) is 14.2. The fraction of sp³-hybridized carbons (Fsp3) is 0.238. The molecule has 5 rings (SSSR count). The number of piperazine rings is 1. The summed E-state index contributed by atoms with van der Waals surface area (Å²) in [6.07, 6.45) is 0. The number of hydrogen-bond acceptors (Lipinski definition) is 6. The van der Waals surface area contributed by atoms with Gasteiger partial charge in [0.15, 0.2) is 0 Å². The summed E-state index contributed by atoms with van der Waals surface area (Å²) in [5.74, 6) is 0.498. The first kappa shape index (κ1) is 18.5. The number of benzene rings is 1. The Kier molecular flexibility index (Phi) is 4.91. The Morgan fingerprint density at radius 1 is 1.07 bits per heavy atom. The van der Waals surface area contributed by atoms with Crippen molar-refractivity contribution in [1.82, 2.24) is 14.9 Å². The van der Waals surface area contributed by atoms with Gasteiger partial charge in [-0.15, -0.1) is 22.7 Å².